The Morgan fingerprint density at radius 2 is 1.65 bits per heavy atom. The Balaban J connectivity index is 2.07. The molecule has 0 heterocycles. The molecule has 0 spiro atoms. The summed E-state index contributed by atoms with van der Waals surface area (Å²) in [5.41, 5.74) is 5.28. The Kier molecular flexibility index (Phi) is 2.65. The number of hydrogen-bond acceptors (Lipinski definition) is 1. The van der Waals surface area contributed by atoms with Gasteiger partial charge in [-0.25, -0.2) is 0 Å². The van der Waals surface area contributed by atoms with E-state index in [1.807, 2.05) is 0 Å². The van der Waals surface area contributed by atoms with Crippen LogP contribution in [0.1, 0.15) is 53.9 Å². The quantitative estimate of drug-likeness (QED) is 0.805. The molecule has 0 bridgehead atoms. The molecule has 0 fully saturated rings. The van der Waals surface area contributed by atoms with E-state index in [1.165, 1.54) is 36.0 Å². The van der Waals surface area contributed by atoms with Gasteiger partial charge in [-0.3, -0.25) is 4.79 Å². The second-order valence-corrected chi connectivity index (χ2v) is 5.31. The second-order valence-electron chi connectivity index (χ2n) is 5.31. The fraction of sp³-hybridized carbons (Fsp3) is 0.533. The second kappa shape index (κ2) is 4.17. The lowest BCUT2D eigenvalue weighted by Gasteiger charge is -2.26. The van der Waals surface area contributed by atoms with Crippen molar-refractivity contribution in [1.82, 2.24) is 0 Å². The van der Waals surface area contributed by atoms with Crippen LogP contribution in [0, 0.1) is 0 Å². The van der Waals surface area contributed by atoms with Gasteiger partial charge < -0.3 is 5.11 Å². The zero-order valence-electron chi connectivity index (χ0n) is 10.0. The third kappa shape index (κ3) is 1.86. The van der Waals surface area contributed by atoms with Crippen LogP contribution in [-0.2, 0) is 24.1 Å². The Morgan fingerprint density at radius 1 is 1.00 bits per heavy atom. The minimum absolute atomic E-state index is 0.258. The molecule has 0 amide bonds. The first-order valence-corrected chi connectivity index (χ1v) is 6.63. The molecule has 1 aromatic carbocycles. The van der Waals surface area contributed by atoms with Crippen LogP contribution in [-0.4, -0.2) is 11.1 Å². The van der Waals surface area contributed by atoms with Crippen molar-refractivity contribution >= 4 is 5.97 Å². The van der Waals surface area contributed by atoms with E-state index >= 15 is 0 Å². The minimum atomic E-state index is -0.651. The summed E-state index contributed by atoms with van der Waals surface area (Å²) in [5, 5.41) is 9.29. The van der Waals surface area contributed by atoms with Crippen molar-refractivity contribution in [3.8, 4) is 0 Å². The van der Waals surface area contributed by atoms with Crippen LogP contribution < -0.4 is 0 Å². The molecule has 1 atom stereocenters. The van der Waals surface area contributed by atoms with E-state index in [1.54, 1.807) is 0 Å². The zero-order chi connectivity index (χ0) is 11.8. The SMILES string of the molecule is O=C(O)C1CCCc2cc3c(cc21)CCCC3. The van der Waals surface area contributed by atoms with E-state index in [9.17, 15) is 9.90 Å². The van der Waals surface area contributed by atoms with Crippen molar-refractivity contribution in [1.29, 1.82) is 0 Å². The summed E-state index contributed by atoms with van der Waals surface area (Å²) < 4.78 is 0. The number of carbonyl (C=O) groups is 1. The predicted molar refractivity (Wildman–Crippen MR) is 66.4 cm³/mol. The van der Waals surface area contributed by atoms with E-state index in [4.69, 9.17) is 0 Å². The van der Waals surface area contributed by atoms with Crippen molar-refractivity contribution in [2.75, 3.05) is 0 Å². The smallest absolute Gasteiger partial charge is 0.310 e. The lowest BCUT2D eigenvalue weighted by molar-refractivity contribution is -0.139. The van der Waals surface area contributed by atoms with Gasteiger partial charge in [-0.15, -0.1) is 0 Å². The Hall–Kier alpha value is -1.31. The maximum absolute atomic E-state index is 11.3. The highest BCUT2D eigenvalue weighted by atomic mass is 16.4. The van der Waals surface area contributed by atoms with Crippen LogP contribution >= 0.6 is 0 Å². The summed E-state index contributed by atoms with van der Waals surface area (Å²) in [6, 6.07) is 4.49. The van der Waals surface area contributed by atoms with Gasteiger partial charge in [0.15, 0.2) is 0 Å². The van der Waals surface area contributed by atoms with Crippen molar-refractivity contribution in [3.05, 3.63) is 34.4 Å². The average molecular weight is 230 g/mol. The van der Waals surface area contributed by atoms with Gasteiger partial charge in [-0.2, -0.15) is 0 Å². The van der Waals surface area contributed by atoms with E-state index in [-0.39, 0.29) is 5.92 Å². The van der Waals surface area contributed by atoms with Gasteiger partial charge in [0, 0.05) is 0 Å². The molecule has 2 aliphatic carbocycles. The fourth-order valence-electron chi connectivity index (χ4n) is 3.31. The Labute approximate surface area is 102 Å². The molecule has 2 nitrogen and oxygen atoms in total. The van der Waals surface area contributed by atoms with Crippen LogP contribution in [0.4, 0.5) is 0 Å². The van der Waals surface area contributed by atoms with Gasteiger partial charge in [-0.1, -0.05) is 12.1 Å². The Morgan fingerprint density at radius 3 is 2.35 bits per heavy atom. The Bertz CT molecular complexity index is 462. The third-order valence-electron chi connectivity index (χ3n) is 4.22. The molecular weight excluding hydrogens is 212 g/mol. The van der Waals surface area contributed by atoms with Crippen LogP contribution in [0.25, 0.3) is 0 Å². The van der Waals surface area contributed by atoms with Gasteiger partial charge in [0.1, 0.15) is 0 Å². The first kappa shape index (κ1) is 10.8. The molecule has 1 unspecified atom stereocenters. The number of fused-ring (bicyclic) bond motifs is 2. The molecule has 0 saturated heterocycles. The molecule has 2 heteroatoms. The number of benzene rings is 1. The zero-order valence-corrected chi connectivity index (χ0v) is 10.0. The standard InChI is InChI=1S/C15H18O2/c16-15(17)13-7-3-6-12-8-10-4-1-2-5-11(10)9-14(12)13/h8-9,13H,1-7H2,(H,16,17). The van der Waals surface area contributed by atoms with Crippen LogP contribution in [0.15, 0.2) is 12.1 Å². The van der Waals surface area contributed by atoms with Gasteiger partial charge in [0.05, 0.1) is 5.92 Å². The van der Waals surface area contributed by atoms with Crippen molar-refractivity contribution in [2.24, 2.45) is 0 Å². The summed E-state index contributed by atoms with van der Waals surface area (Å²) in [6.45, 7) is 0. The number of rotatable bonds is 1. The highest BCUT2D eigenvalue weighted by Gasteiger charge is 2.27. The first-order chi connectivity index (χ1) is 8.25. The lowest BCUT2D eigenvalue weighted by atomic mass is 9.78. The monoisotopic (exact) mass is 230 g/mol. The summed E-state index contributed by atoms with van der Waals surface area (Å²) in [5.74, 6) is -0.910. The van der Waals surface area contributed by atoms with Gasteiger partial charge in [-0.05, 0) is 67.2 Å². The van der Waals surface area contributed by atoms with Crippen molar-refractivity contribution in [2.45, 2.75) is 50.9 Å². The predicted octanol–water partition coefficient (Wildman–Crippen LogP) is 3.07. The number of aliphatic carboxylic acids is 1. The molecule has 0 aromatic heterocycles. The van der Waals surface area contributed by atoms with E-state index in [0.717, 1.165) is 31.2 Å². The highest BCUT2D eigenvalue weighted by Crippen LogP contribution is 2.35. The molecule has 0 aliphatic heterocycles. The summed E-state index contributed by atoms with van der Waals surface area (Å²) in [4.78, 5) is 11.3. The molecule has 17 heavy (non-hydrogen) atoms. The van der Waals surface area contributed by atoms with Gasteiger partial charge in [0.2, 0.25) is 0 Å². The minimum Gasteiger partial charge on any atom is -0.481 e. The molecule has 0 saturated carbocycles. The van der Waals surface area contributed by atoms with Crippen LogP contribution in [0.2, 0.25) is 0 Å². The molecule has 3 rings (SSSR count). The van der Waals surface area contributed by atoms with Crippen LogP contribution in [0.5, 0.6) is 0 Å². The number of aryl methyl sites for hydroxylation is 3. The molecule has 1 aromatic rings. The fourth-order valence-corrected chi connectivity index (χ4v) is 3.31. The maximum atomic E-state index is 11.3. The maximum Gasteiger partial charge on any atom is 0.310 e. The number of hydrogen-bond donors (Lipinski definition) is 1. The van der Waals surface area contributed by atoms with E-state index in [2.05, 4.69) is 12.1 Å². The van der Waals surface area contributed by atoms with Gasteiger partial charge in [0.25, 0.3) is 0 Å². The number of carboxylic acid groups (broad SMARTS) is 1. The van der Waals surface area contributed by atoms with Crippen molar-refractivity contribution in [3.63, 3.8) is 0 Å². The third-order valence-corrected chi connectivity index (χ3v) is 4.22. The van der Waals surface area contributed by atoms with E-state index in [0.29, 0.717) is 0 Å². The topological polar surface area (TPSA) is 37.3 Å². The van der Waals surface area contributed by atoms with Crippen LogP contribution in [0.3, 0.4) is 0 Å². The average Bonchev–Trinajstić information content (AvgIpc) is 2.35. The molecule has 1 N–H and O–H groups in total. The molecule has 2 aliphatic rings. The first-order valence-electron chi connectivity index (χ1n) is 6.63. The van der Waals surface area contributed by atoms with E-state index < -0.39 is 5.97 Å². The normalized spacial score (nSPS) is 22.7. The van der Waals surface area contributed by atoms with Gasteiger partial charge >= 0.3 is 5.97 Å². The molecule has 90 valence electrons. The lowest BCUT2D eigenvalue weighted by Crippen LogP contribution is -2.19. The summed E-state index contributed by atoms with van der Waals surface area (Å²) in [7, 11) is 0. The summed E-state index contributed by atoms with van der Waals surface area (Å²) >= 11 is 0. The van der Waals surface area contributed by atoms with Crippen molar-refractivity contribution < 1.29 is 9.90 Å². The molecule has 0 radical (unpaired) electrons. The summed E-state index contributed by atoms with van der Waals surface area (Å²) in [6.07, 6.45) is 7.74. The highest BCUT2D eigenvalue weighted by molar-refractivity contribution is 5.77. The molecular formula is C15H18O2. The number of carboxylic acids is 1. The largest absolute Gasteiger partial charge is 0.481 e.